The molecule has 1 amide bonds. The Bertz CT molecular complexity index is 642. The molecule has 0 bridgehead atoms. The zero-order valence-corrected chi connectivity index (χ0v) is 14.9. The van der Waals surface area contributed by atoms with E-state index in [1.807, 2.05) is 59.2 Å². The minimum Gasteiger partial charge on any atom is -0.484 e. The number of carbonyl (C=O) groups excluding carboxylic acids is 1. The van der Waals surface area contributed by atoms with Gasteiger partial charge in [0.2, 0.25) is 0 Å². The number of hydrogen-bond donors (Lipinski definition) is 0. The summed E-state index contributed by atoms with van der Waals surface area (Å²) in [7, 11) is 0. The Morgan fingerprint density at radius 2 is 2.22 bits per heavy atom. The Morgan fingerprint density at radius 3 is 3.00 bits per heavy atom. The summed E-state index contributed by atoms with van der Waals surface area (Å²) in [6.45, 7) is 3.76. The van der Waals surface area contributed by atoms with E-state index in [4.69, 9.17) is 4.74 Å². The second-order valence-corrected chi connectivity index (χ2v) is 7.94. The van der Waals surface area contributed by atoms with Crippen molar-refractivity contribution in [3.05, 3.63) is 52.2 Å². The molecular weight excluding hydrogens is 326 g/mol. The van der Waals surface area contributed by atoms with E-state index in [-0.39, 0.29) is 12.5 Å². The lowest BCUT2D eigenvalue weighted by Crippen LogP contribution is -2.36. The molecule has 122 valence electrons. The van der Waals surface area contributed by atoms with Crippen molar-refractivity contribution >= 4 is 29.0 Å². The highest BCUT2D eigenvalue weighted by molar-refractivity contribution is 7.99. The summed E-state index contributed by atoms with van der Waals surface area (Å²) in [6, 6.07) is 12.1. The van der Waals surface area contributed by atoms with E-state index >= 15 is 0 Å². The summed E-state index contributed by atoms with van der Waals surface area (Å²) in [4.78, 5) is 15.8. The van der Waals surface area contributed by atoms with Crippen molar-refractivity contribution in [3.63, 3.8) is 0 Å². The molecule has 1 atom stereocenters. The Morgan fingerprint density at radius 1 is 1.30 bits per heavy atom. The van der Waals surface area contributed by atoms with Gasteiger partial charge in [0.25, 0.3) is 5.91 Å². The van der Waals surface area contributed by atoms with Crippen molar-refractivity contribution in [2.75, 3.05) is 25.4 Å². The Labute approximate surface area is 145 Å². The summed E-state index contributed by atoms with van der Waals surface area (Å²) >= 11 is 3.76. The number of ether oxygens (including phenoxy) is 1. The summed E-state index contributed by atoms with van der Waals surface area (Å²) in [5.74, 6) is 1.83. The monoisotopic (exact) mass is 347 g/mol. The Balaban J connectivity index is 1.52. The minimum atomic E-state index is 0.0823. The van der Waals surface area contributed by atoms with E-state index < -0.39 is 0 Å². The number of rotatable bonds is 4. The number of thiophene rings is 1. The third-order valence-electron chi connectivity index (χ3n) is 3.91. The predicted molar refractivity (Wildman–Crippen MR) is 97.4 cm³/mol. The van der Waals surface area contributed by atoms with Crippen LogP contribution in [0.1, 0.15) is 22.1 Å². The fourth-order valence-electron chi connectivity index (χ4n) is 2.66. The highest BCUT2D eigenvalue weighted by atomic mass is 32.2. The summed E-state index contributed by atoms with van der Waals surface area (Å²) < 4.78 is 5.65. The van der Waals surface area contributed by atoms with Crippen molar-refractivity contribution in [1.82, 2.24) is 4.90 Å². The van der Waals surface area contributed by atoms with Gasteiger partial charge in [-0.2, -0.15) is 11.8 Å². The molecule has 1 aromatic carbocycles. The van der Waals surface area contributed by atoms with Crippen LogP contribution in [0.2, 0.25) is 0 Å². The average molecular weight is 348 g/mol. The fraction of sp³-hybridized carbons (Fsp3) is 0.389. The fourth-order valence-corrected chi connectivity index (χ4v) is 4.90. The maximum Gasteiger partial charge on any atom is 0.260 e. The molecular formula is C18H21NO2S2. The van der Waals surface area contributed by atoms with Gasteiger partial charge in [0.05, 0.1) is 0 Å². The summed E-state index contributed by atoms with van der Waals surface area (Å²) in [5, 5.41) is 2.64. The lowest BCUT2D eigenvalue weighted by Gasteiger charge is -2.20. The lowest BCUT2D eigenvalue weighted by atomic mass is 10.2. The van der Waals surface area contributed by atoms with E-state index in [9.17, 15) is 4.79 Å². The summed E-state index contributed by atoms with van der Waals surface area (Å²) in [5.41, 5.74) is 1.14. The van der Waals surface area contributed by atoms with Gasteiger partial charge in [-0.15, -0.1) is 11.3 Å². The molecule has 1 unspecified atom stereocenters. The third kappa shape index (κ3) is 4.52. The van der Waals surface area contributed by atoms with Crippen LogP contribution in [-0.4, -0.2) is 36.3 Å². The molecule has 3 rings (SSSR count). The van der Waals surface area contributed by atoms with Crippen LogP contribution in [0.4, 0.5) is 0 Å². The highest BCUT2D eigenvalue weighted by Gasteiger charge is 2.22. The van der Waals surface area contributed by atoms with Gasteiger partial charge in [0.15, 0.2) is 6.61 Å². The van der Waals surface area contributed by atoms with Crippen LogP contribution in [0.15, 0.2) is 41.8 Å². The molecule has 0 aliphatic carbocycles. The number of thioether (sulfide) groups is 1. The Hall–Kier alpha value is -1.46. The molecule has 1 saturated heterocycles. The van der Waals surface area contributed by atoms with Gasteiger partial charge in [0.1, 0.15) is 5.75 Å². The molecule has 1 aliphatic rings. The first-order valence-corrected chi connectivity index (χ1v) is 9.77. The van der Waals surface area contributed by atoms with Gasteiger partial charge in [-0.1, -0.05) is 18.2 Å². The molecule has 0 saturated carbocycles. The lowest BCUT2D eigenvalue weighted by molar-refractivity contribution is -0.133. The van der Waals surface area contributed by atoms with Crippen molar-refractivity contribution < 1.29 is 9.53 Å². The zero-order chi connectivity index (χ0) is 16.1. The molecule has 5 heteroatoms. The van der Waals surface area contributed by atoms with Gasteiger partial charge in [0, 0.05) is 29.0 Å². The molecule has 1 aliphatic heterocycles. The van der Waals surface area contributed by atoms with Crippen molar-refractivity contribution in [1.29, 1.82) is 0 Å². The van der Waals surface area contributed by atoms with Crippen molar-refractivity contribution in [2.45, 2.75) is 18.6 Å². The Kier molecular flexibility index (Phi) is 5.62. The second-order valence-electron chi connectivity index (χ2n) is 5.65. The van der Waals surface area contributed by atoms with E-state index in [0.717, 1.165) is 36.6 Å². The van der Waals surface area contributed by atoms with E-state index in [0.29, 0.717) is 5.25 Å². The van der Waals surface area contributed by atoms with Crippen LogP contribution in [0.25, 0.3) is 0 Å². The molecule has 1 aromatic heterocycles. The van der Waals surface area contributed by atoms with Gasteiger partial charge < -0.3 is 9.64 Å². The first-order valence-electron chi connectivity index (χ1n) is 7.84. The topological polar surface area (TPSA) is 29.5 Å². The zero-order valence-electron chi connectivity index (χ0n) is 13.2. The number of benzene rings is 1. The number of aryl methyl sites for hydroxylation is 1. The number of hydrogen-bond acceptors (Lipinski definition) is 4. The molecule has 23 heavy (non-hydrogen) atoms. The molecule has 0 N–H and O–H groups in total. The normalized spacial score (nSPS) is 18.5. The molecule has 1 fully saturated rings. The largest absolute Gasteiger partial charge is 0.484 e. The number of carbonyl (C=O) groups is 1. The first-order chi connectivity index (χ1) is 11.2. The van der Waals surface area contributed by atoms with Gasteiger partial charge in [-0.05, 0) is 42.5 Å². The van der Waals surface area contributed by atoms with Gasteiger partial charge in [-0.25, -0.2) is 0 Å². The van der Waals surface area contributed by atoms with Crippen LogP contribution in [0.3, 0.4) is 0 Å². The molecule has 3 nitrogen and oxygen atoms in total. The van der Waals surface area contributed by atoms with Crippen molar-refractivity contribution in [3.8, 4) is 5.75 Å². The molecule has 2 heterocycles. The SMILES string of the molecule is Cc1cccc(OCC(=O)N2CCSC(c3cccs3)CC2)c1. The van der Waals surface area contributed by atoms with Crippen LogP contribution >= 0.6 is 23.1 Å². The molecule has 2 aromatic rings. The van der Waals surface area contributed by atoms with E-state index in [1.54, 1.807) is 0 Å². The van der Waals surface area contributed by atoms with Gasteiger partial charge >= 0.3 is 0 Å². The van der Waals surface area contributed by atoms with Gasteiger partial charge in [-0.3, -0.25) is 4.79 Å². The third-order valence-corrected chi connectivity index (χ3v) is 6.35. The maximum absolute atomic E-state index is 12.4. The smallest absolute Gasteiger partial charge is 0.260 e. The molecule has 0 spiro atoms. The standard InChI is InChI=1S/C18H21NO2S2/c1-14-4-2-5-15(12-14)21-13-18(20)19-8-7-17(23-11-9-19)16-6-3-10-22-16/h2-6,10,12,17H,7-9,11,13H2,1H3. The van der Waals surface area contributed by atoms with Crippen LogP contribution in [0, 0.1) is 6.92 Å². The molecule has 0 radical (unpaired) electrons. The quantitative estimate of drug-likeness (QED) is 0.832. The maximum atomic E-state index is 12.4. The van der Waals surface area contributed by atoms with Crippen LogP contribution in [-0.2, 0) is 4.79 Å². The first kappa shape index (κ1) is 16.4. The van der Waals surface area contributed by atoms with Crippen LogP contribution in [0.5, 0.6) is 5.75 Å². The highest BCUT2D eigenvalue weighted by Crippen LogP contribution is 2.36. The average Bonchev–Trinajstić information content (AvgIpc) is 2.97. The van der Waals surface area contributed by atoms with E-state index in [1.165, 1.54) is 4.88 Å². The summed E-state index contributed by atoms with van der Waals surface area (Å²) in [6.07, 6.45) is 1.02. The van der Waals surface area contributed by atoms with E-state index in [2.05, 4.69) is 17.5 Å². The predicted octanol–water partition coefficient (Wildman–Crippen LogP) is 4.14. The minimum absolute atomic E-state index is 0.0823. The van der Waals surface area contributed by atoms with Crippen molar-refractivity contribution in [2.24, 2.45) is 0 Å². The second kappa shape index (κ2) is 7.88. The number of amides is 1. The van der Waals surface area contributed by atoms with Crippen LogP contribution < -0.4 is 4.74 Å². The number of nitrogens with zero attached hydrogens (tertiary/aromatic N) is 1.